The lowest BCUT2D eigenvalue weighted by atomic mass is 9.67. The quantitative estimate of drug-likeness (QED) is 0.742. The Balaban J connectivity index is 1.91. The number of nitrogens with one attached hydrogen (secondary N) is 1. The van der Waals surface area contributed by atoms with Gasteiger partial charge in [-0.2, -0.15) is 12.7 Å². The molecule has 1 aliphatic heterocycles. The molecule has 104 valence electrons. The Morgan fingerprint density at radius 2 is 1.83 bits per heavy atom. The van der Waals surface area contributed by atoms with E-state index in [9.17, 15) is 13.2 Å². The zero-order valence-corrected chi connectivity index (χ0v) is 11.2. The maximum atomic E-state index is 12.0. The molecule has 2 fully saturated rings. The number of nitrogens with zero attached hydrogens (tertiary/aromatic N) is 1. The summed E-state index contributed by atoms with van der Waals surface area (Å²) < 4.78 is 28.0. The molecule has 0 spiro atoms. The fourth-order valence-electron chi connectivity index (χ4n) is 2.68. The summed E-state index contributed by atoms with van der Waals surface area (Å²) in [6, 6.07) is 0. The van der Waals surface area contributed by atoms with Crippen LogP contribution in [0.4, 0.5) is 0 Å². The molecule has 0 aromatic heterocycles. The van der Waals surface area contributed by atoms with Gasteiger partial charge in [0.15, 0.2) is 0 Å². The molecular weight excluding hydrogens is 256 g/mol. The Bertz CT molecular complexity index is 411. The van der Waals surface area contributed by atoms with Gasteiger partial charge >= 0.3 is 5.97 Å². The molecule has 1 aliphatic carbocycles. The van der Waals surface area contributed by atoms with E-state index >= 15 is 0 Å². The molecule has 0 atom stereocenters. The molecule has 2 aliphatic rings. The van der Waals surface area contributed by atoms with E-state index < -0.39 is 16.2 Å². The predicted molar refractivity (Wildman–Crippen MR) is 66.3 cm³/mol. The molecule has 0 aromatic rings. The third-order valence-corrected chi connectivity index (χ3v) is 5.53. The molecule has 0 radical (unpaired) electrons. The van der Waals surface area contributed by atoms with Crippen molar-refractivity contribution in [3.63, 3.8) is 0 Å². The summed E-state index contributed by atoms with van der Waals surface area (Å²) >= 11 is 0. The summed E-state index contributed by atoms with van der Waals surface area (Å²) in [7, 11) is -3.41. The molecule has 0 bridgehead atoms. The average molecular weight is 276 g/mol. The van der Waals surface area contributed by atoms with Gasteiger partial charge in [-0.05, 0) is 31.1 Å². The van der Waals surface area contributed by atoms with Gasteiger partial charge < -0.3 is 5.11 Å². The van der Waals surface area contributed by atoms with E-state index in [0.717, 1.165) is 32.1 Å². The van der Waals surface area contributed by atoms with E-state index in [4.69, 9.17) is 5.11 Å². The number of hydrogen-bond acceptors (Lipinski definition) is 3. The Hall–Kier alpha value is -0.660. The molecule has 1 heterocycles. The van der Waals surface area contributed by atoms with Gasteiger partial charge in [-0.25, -0.2) is 4.72 Å². The van der Waals surface area contributed by atoms with Crippen LogP contribution in [0.2, 0.25) is 0 Å². The van der Waals surface area contributed by atoms with Crippen LogP contribution in [0.1, 0.15) is 38.5 Å². The summed E-state index contributed by atoms with van der Waals surface area (Å²) in [6.07, 6.45) is 4.43. The second-order valence-corrected chi connectivity index (χ2v) is 7.11. The lowest BCUT2D eigenvalue weighted by Gasteiger charge is -2.41. The summed E-state index contributed by atoms with van der Waals surface area (Å²) in [4.78, 5) is 10.8. The first kappa shape index (κ1) is 13.8. The van der Waals surface area contributed by atoms with Gasteiger partial charge in [0.2, 0.25) is 0 Å². The second-order valence-electron chi connectivity index (χ2n) is 5.36. The average Bonchev–Trinajstić information content (AvgIpc) is 2.75. The van der Waals surface area contributed by atoms with Crippen molar-refractivity contribution in [2.24, 2.45) is 5.41 Å². The summed E-state index contributed by atoms with van der Waals surface area (Å²) in [5.74, 6) is -0.852. The zero-order valence-electron chi connectivity index (χ0n) is 10.4. The van der Waals surface area contributed by atoms with E-state index in [1.165, 1.54) is 4.31 Å². The van der Waals surface area contributed by atoms with Gasteiger partial charge in [0.25, 0.3) is 10.2 Å². The third kappa shape index (κ3) is 3.02. The van der Waals surface area contributed by atoms with Crippen molar-refractivity contribution in [1.82, 2.24) is 9.03 Å². The first-order chi connectivity index (χ1) is 8.44. The van der Waals surface area contributed by atoms with Gasteiger partial charge in [-0.15, -0.1) is 0 Å². The Kier molecular flexibility index (Phi) is 3.93. The molecule has 6 nitrogen and oxygen atoms in total. The van der Waals surface area contributed by atoms with E-state index in [2.05, 4.69) is 4.72 Å². The van der Waals surface area contributed by atoms with Crippen molar-refractivity contribution >= 4 is 16.2 Å². The van der Waals surface area contributed by atoms with Crippen LogP contribution in [0.15, 0.2) is 0 Å². The minimum atomic E-state index is -3.41. The summed E-state index contributed by atoms with van der Waals surface area (Å²) in [5.41, 5.74) is -0.362. The number of hydrogen-bond donors (Lipinski definition) is 2. The largest absolute Gasteiger partial charge is 0.481 e. The lowest BCUT2D eigenvalue weighted by Crippen LogP contribution is -2.47. The normalized spacial score (nSPS) is 23.8. The van der Waals surface area contributed by atoms with Crippen LogP contribution in [-0.2, 0) is 15.0 Å². The molecule has 1 saturated carbocycles. The number of rotatable bonds is 6. The monoisotopic (exact) mass is 276 g/mol. The fraction of sp³-hybridized carbons (Fsp3) is 0.909. The fourth-order valence-corrected chi connectivity index (χ4v) is 4.09. The molecular formula is C11H20N2O4S. The topological polar surface area (TPSA) is 86.7 Å². The van der Waals surface area contributed by atoms with Crippen LogP contribution in [-0.4, -0.2) is 43.4 Å². The smallest absolute Gasteiger partial charge is 0.303 e. The van der Waals surface area contributed by atoms with E-state index in [1.807, 2.05) is 0 Å². The highest BCUT2D eigenvalue weighted by molar-refractivity contribution is 7.87. The van der Waals surface area contributed by atoms with E-state index in [-0.39, 0.29) is 18.4 Å². The highest BCUT2D eigenvalue weighted by Crippen LogP contribution is 2.43. The summed E-state index contributed by atoms with van der Waals surface area (Å²) in [6.45, 7) is 1.39. The molecule has 0 amide bonds. The molecule has 2 N–H and O–H groups in total. The lowest BCUT2D eigenvalue weighted by molar-refractivity contribution is -0.141. The first-order valence-electron chi connectivity index (χ1n) is 6.40. The molecule has 2 rings (SSSR count). The maximum absolute atomic E-state index is 12.0. The van der Waals surface area contributed by atoms with E-state index in [0.29, 0.717) is 13.1 Å². The highest BCUT2D eigenvalue weighted by atomic mass is 32.2. The highest BCUT2D eigenvalue weighted by Gasteiger charge is 2.40. The van der Waals surface area contributed by atoms with Crippen LogP contribution >= 0.6 is 0 Å². The molecule has 18 heavy (non-hydrogen) atoms. The Morgan fingerprint density at radius 1 is 1.22 bits per heavy atom. The van der Waals surface area contributed by atoms with Crippen LogP contribution in [0.25, 0.3) is 0 Å². The van der Waals surface area contributed by atoms with Crippen molar-refractivity contribution in [3.8, 4) is 0 Å². The van der Waals surface area contributed by atoms with Gasteiger partial charge in [0.05, 0.1) is 6.42 Å². The predicted octanol–water partition coefficient (Wildman–Crippen LogP) is 0.562. The SMILES string of the molecule is O=C(O)CC1(CNS(=O)(=O)N2CCCC2)CCC1. The number of carboxylic acids is 1. The van der Waals surface area contributed by atoms with Crippen molar-refractivity contribution in [2.45, 2.75) is 38.5 Å². The number of carbonyl (C=O) groups is 1. The minimum absolute atomic E-state index is 0.0511. The maximum Gasteiger partial charge on any atom is 0.303 e. The standard InChI is InChI=1S/C11H20N2O4S/c14-10(15)8-11(4-3-5-11)9-12-18(16,17)13-6-1-2-7-13/h12H,1-9H2,(H,14,15). The van der Waals surface area contributed by atoms with Gasteiger partial charge in [-0.3, -0.25) is 4.79 Å². The molecule has 0 unspecified atom stereocenters. The third-order valence-electron chi connectivity index (χ3n) is 3.97. The molecule has 1 saturated heterocycles. The van der Waals surface area contributed by atoms with Crippen molar-refractivity contribution in [1.29, 1.82) is 0 Å². The van der Waals surface area contributed by atoms with Gasteiger partial charge in [0.1, 0.15) is 0 Å². The summed E-state index contributed by atoms with van der Waals surface area (Å²) in [5, 5.41) is 8.87. The van der Waals surface area contributed by atoms with Gasteiger partial charge in [0, 0.05) is 19.6 Å². The number of aliphatic carboxylic acids is 1. The zero-order chi connectivity index (χ0) is 13.2. The minimum Gasteiger partial charge on any atom is -0.481 e. The van der Waals surface area contributed by atoms with Crippen molar-refractivity contribution < 1.29 is 18.3 Å². The number of carboxylic acid groups (broad SMARTS) is 1. The van der Waals surface area contributed by atoms with Crippen LogP contribution in [0, 0.1) is 5.41 Å². The van der Waals surface area contributed by atoms with Crippen LogP contribution in [0.3, 0.4) is 0 Å². The van der Waals surface area contributed by atoms with Crippen molar-refractivity contribution in [2.75, 3.05) is 19.6 Å². The van der Waals surface area contributed by atoms with Gasteiger partial charge in [-0.1, -0.05) is 6.42 Å². The van der Waals surface area contributed by atoms with Crippen LogP contribution in [0.5, 0.6) is 0 Å². The molecule has 7 heteroatoms. The van der Waals surface area contributed by atoms with E-state index in [1.54, 1.807) is 0 Å². The second kappa shape index (κ2) is 5.14. The first-order valence-corrected chi connectivity index (χ1v) is 7.84. The van der Waals surface area contributed by atoms with Crippen LogP contribution < -0.4 is 4.72 Å². The molecule has 0 aromatic carbocycles. The Morgan fingerprint density at radius 3 is 2.28 bits per heavy atom. The Labute approximate surface area is 108 Å². The van der Waals surface area contributed by atoms with Crippen molar-refractivity contribution in [3.05, 3.63) is 0 Å².